The largest absolute Gasteiger partial charge is 0.418 e. The molecule has 1 aliphatic heterocycles. The number of sulfone groups is 1. The van der Waals surface area contributed by atoms with E-state index in [9.17, 15) is 34.8 Å². The topological polar surface area (TPSA) is 74.8 Å². The molecule has 3 rings (SSSR count). The SMILES string of the molecule is O=S1(=O)CN[C@H](c2nc3c(C(F)(F)F)cc(C(F)(F)F)cc3[nH]2)C1. The average molecular weight is 373 g/mol. The molecule has 5 nitrogen and oxygen atoms in total. The van der Waals surface area contributed by atoms with E-state index in [4.69, 9.17) is 0 Å². The van der Waals surface area contributed by atoms with E-state index in [1.54, 1.807) is 0 Å². The first kappa shape index (κ1) is 17.0. The molecule has 0 spiro atoms. The predicted molar refractivity (Wildman–Crippen MR) is 70.6 cm³/mol. The number of hydrogen-bond donors (Lipinski definition) is 2. The molecule has 1 aromatic heterocycles. The van der Waals surface area contributed by atoms with Gasteiger partial charge in [-0.05, 0) is 12.1 Å². The Bertz CT molecular complexity index is 900. The molecule has 2 heterocycles. The number of rotatable bonds is 1. The maximum atomic E-state index is 13.1. The number of imidazole rings is 1. The molecule has 0 unspecified atom stereocenters. The highest BCUT2D eigenvalue weighted by Crippen LogP contribution is 2.39. The number of halogens is 6. The van der Waals surface area contributed by atoms with Crippen LogP contribution in [-0.2, 0) is 22.2 Å². The Morgan fingerprint density at radius 3 is 2.25 bits per heavy atom. The van der Waals surface area contributed by atoms with Gasteiger partial charge < -0.3 is 4.98 Å². The van der Waals surface area contributed by atoms with E-state index in [1.165, 1.54) is 0 Å². The molecule has 2 N–H and O–H groups in total. The normalized spacial score (nSPS) is 21.5. The van der Waals surface area contributed by atoms with Crippen LogP contribution in [0.15, 0.2) is 12.1 Å². The fraction of sp³-hybridized carbons (Fsp3) is 0.417. The van der Waals surface area contributed by atoms with Gasteiger partial charge in [-0.2, -0.15) is 26.3 Å². The zero-order valence-corrected chi connectivity index (χ0v) is 12.4. The van der Waals surface area contributed by atoms with Crippen molar-refractivity contribution in [1.29, 1.82) is 0 Å². The number of alkyl halides is 6. The maximum Gasteiger partial charge on any atom is 0.418 e. The summed E-state index contributed by atoms with van der Waals surface area (Å²) in [5.41, 5.74) is -4.14. The van der Waals surface area contributed by atoms with Crippen molar-refractivity contribution in [3.05, 3.63) is 29.1 Å². The van der Waals surface area contributed by atoms with E-state index in [0.717, 1.165) is 0 Å². The molecule has 1 atom stereocenters. The molecule has 1 saturated heterocycles. The maximum absolute atomic E-state index is 13.1. The molecular formula is C12H9F6N3O2S. The number of hydrogen-bond acceptors (Lipinski definition) is 4. The zero-order valence-electron chi connectivity index (χ0n) is 11.6. The fourth-order valence-corrected chi connectivity index (χ4v) is 3.81. The standard InChI is InChI=1S/C12H9F6N3O2S/c13-11(14,15)5-1-6(12(16,17)18)9-7(2-5)20-10(21-9)8-3-24(22,23)4-19-8/h1-2,8,19H,3-4H2,(H,20,21)/t8-/m0/s1. The minimum atomic E-state index is -5.04. The van der Waals surface area contributed by atoms with Gasteiger partial charge in [0, 0.05) is 0 Å². The molecule has 1 aromatic carbocycles. The van der Waals surface area contributed by atoms with Gasteiger partial charge in [-0.1, -0.05) is 0 Å². The number of aromatic nitrogens is 2. The van der Waals surface area contributed by atoms with Crippen LogP contribution in [0.1, 0.15) is 23.0 Å². The van der Waals surface area contributed by atoms with Crippen molar-refractivity contribution in [3.8, 4) is 0 Å². The summed E-state index contributed by atoms with van der Waals surface area (Å²) < 4.78 is 100. The monoisotopic (exact) mass is 373 g/mol. The Labute approximate surface area is 131 Å². The summed E-state index contributed by atoms with van der Waals surface area (Å²) in [6, 6.07) is -0.395. The highest BCUT2D eigenvalue weighted by atomic mass is 32.2. The van der Waals surface area contributed by atoms with Crippen LogP contribution in [0, 0.1) is 0 Å². The van der Waals surface area contributed by atoms with Crippen molar-refractivity contribution in [2.24, 2.45) is 0 Å². The first-order valence-electron chi connectivity index (χ1n) is 6.49. The summed E-state index contributed by atoms with van der Waals surface area (Å²) in [7, 11) is -3.42. The van der Waals surface area contributed by atoms with Crippen molar-refractivity contribution < 1.29 is 34.8 Å². The lowest BCUT2D eigenvalue weighted by Crippen LogP contribution is -2.16. The van der Waals surface area contributed by atoms with Crippen molar-refractivity contribution in [1.82, 2.24) is 15.3 Å². The molecule has 0 saturated carbocycles. The van der Waals surface area contributed by atoms with Gasteiger partial charge in [-0.3, -0.25) is 5.32 Å². The second-order valence-electron chi connectivity index (χ2n) is 5.35. The van der Waals surface area contributed by atoms with E-state index < -0.39 is 56.1 Å². The van der Waals surface area contributed by atoms with Crippen molar-refractivity contribution in [2.75, 3.05) is 11.6 Å². The van der Waals surface area contributed by atoms with Gasteiger partial charge in [0.1, 0.15) is 11.3 Å². The molecule has 0 amide bonds. The number of fused-ring (bicyclic) bond motifs is 1. The summed E-state index contributed by atoms with van der Waals surface area (Å²) in [4.78, 5) is 6.04. The van der Waals surface area contributed by atoms with Crippen LogP contribution < -0.4 is 5.32 Å². The van der Waals surface area contributed by atoms with E-state index in [2.05, 4.69) is 15.3 Å². The number of benzene rings is 1. The Morgan fingerprint density at radius 1 is 1.08 bits per heavy atom. The fourth-order valence-electron chi connectivity index (χ4n) is 2.46. The molecular weight excluding hydrogens is 364 g/mol. The molecule has 0 aliphatic carbocycles. The molecule has 12 heteroatoms. The Balaban J connectivity index is 2.18. The minimum absolute atomic E-state index is 0.00816. The van der Waals surface area contributed by atoms with Gasteiger partial charge in [0.2, 0.25) is 0 Å². The number of aromatic amines is 1. The average Bonchev–Trinajstić information content (AvgIpc) is 2.97. The van der Waals surface area contributed by atoms with Crippen LogP contribution in [0.2, 0.25) is 0 Å². The first-order valence-corrected chi connectivity index (χ1v) is 8.31. The molecule has 1 aliphatic rings. The molecule has 0 bridgehead atoms. The minimum Gasteiger partial charge on any atom is -0.341 e. The van der Waals surface area contributed by atoms with E-state index in [1.807, 2.05) is 0 Å². The third-order valence-corrected chi connectivity index (χ3v) is 4.99. The summed E-state index contributed by atoms with van der Waals surface area (Å²) in [5, 5.41) is 2.54. The second-order valence-corrected chi connectivity index (χ2v) is 7.46. The Morgan fingerprint density at radius 2 is 1.75 bits per heavy atom. The molecule has 1 fully saturated rings. The Hall–Kier alpha value is -1.82. The van der Waals surface area contributed by atoms with Gasteiger partial charge in [0.15, 0.2) is 9.84 Å². The lowest BCUT2D eigenvalue weighted by molar-refractivity contribution is -0.142. The summed E-state index contributed by atoms with van der Waals surface area (Å²) in [6.07, 6.45) is -10.0. The van der Waals surface area contributed by atoms with Crippen LogP contribution in [-0.4, -0.2) is 30.0 Å². The number of H-pyrrole nitrogens is 1. The summed E-state index contributed by atoms with van der Waals surface area (Å²) >= 11 is 0. The van der Waals surface area contributed by atoms with Crippen molar-refractivity contribution >= 4 is 20.9 Å². The van der Waals surface area contributed by atoms with Crippen LogP contribution in [0.25, 0.3) is 11.0 Å². The second kappa shape index (κ2) is 5.09. The van der Waals surface area contributed by atoms with Gasteiger partial charge in [0.05, 0.1) is 34.3 Å². The number of nitrogens with zero attached hydrogens (tertiary/aromatic N) is 1. The van der Waals surface area contributed by atoms with E-state index >= 15 is 0 Å². The lowest BCUT2D eigenvalue weighted by Gasteiger charge is -2.11. The van der Waals surface area contributed by atoms with Crippen LogP contribution in [0.3, 0.4) is 0 Å². The summed E-state index contributed by atoms with van der Waals surface area (Å²) in [6.45, 7) is 0. The van der Waals surface area contributed by atoms with Crippen molar-refractivity contribution in [3.63, 3.8) is 0 Å². The molecule has 132 valence electrons. The zero-order chi connectivity index (χ0) is 17.9. The third kappa shape index (κ3) is 3.07. The molecule has 2 aromatic rings. The number of nitrogens with one attached hydrogen (secondary N) is 2. The lowest BCUT2D eigenvalue weighted by atomic mass is 10.1. The first-order chi connectivity index (χ1) is 10.9. The van der Waals surface area contributed by atoms with Gasteiger partial charge in [0.25, 0.3) is 0 Å². The predicted octanol–water partition coefficient (Wildman–Crippen LogP) is 2.62. The van der Waals surface area contributed by atoms with E-state index in [0.29, 0.717) is 6.07 Å². The van der Waals surface area contributed by atoms with E-state index in [-0.39, 0.29) is 17.8 Å². The highest BCUT2D eigenvalue weighted by molar-refractivity contribution is 7.91. The molecule has 0 radical (unpaired) electrons. The van der Waals surface area contributed by atoms with Gasteiger partial charge in [-0.25, -0.2) is 13.4 Å². The summed E-state index contributed by atoms with van der Waals surface area (Å²) in [5.74, 6) is -0.939. The smallest absolute Gasteiger partial charge is 0.341 e. The molecule has 24 heavy (non-hydrogen) atoms. The third-order valence-electron chi connectivity index (χ3n) is 3.54. The van der Waals surface area contributed by atoms with Crippen LogP contribution in [0.4, 0.5) is 26.3 Å². The van der Waals surface area contributed by atoms with Gasteiger partial charge in [-0.15, -0.1) is 0 Å². The van der Waals surface area contributed by atoms with Crippen molar-refractivity contribution in [2.45, 2.75) is 18.4 Å². The van der Waals surface area contributed by atoms with Crippen LogP contribution in [0.5, 0.6) is 0 Å². The Kier molecular flexibility index (Phi) is 3.61. The van der Waals surface area contributed by atoms with Gasteiger partial charge >= 0.3 is 12.4 Å². The highest BCUT2D eigenvalue weighted by Gasteiger charge is 2.40. The van der Waals surface area contributed by atoms with Crippen LogP contribution >= 0.6 is 0 Å². The quantitative estimate of drug-likeness (QED) is 0.754.